The molecule has 1 amide bonds. The molecule has 0 spiro atoms. The summed E-state index contributed by atoms with van der Waals surface area (Å²) in [6.45, 7) is 2.60. The molecule has 0 saturated carbocycles. The lowest BCUT2D eigenvalue weighted by molar-refractivity contribution is 0.0999. The van der Waals surface area contributed by atoms with Gasteiger partial charge in [-0.1, -0.05) is 29.3 Å². The topological polar surface area (TPSA) is 61.5 Å². The van der Waals surface area contributed by atoms with Crippen LogP contribution in [0.1, 0.15) is 22.8 Å². The van der Waals surface area contributed by atoms with Crippen molar-refractivity contribution in [2.75, 3.05) is 6.61 Å². The van der Waals surface area contributed by atoms with Crippen LogP contribution in [-0.4, -0.2) is 12.5 Å². The number of rotatable bonds is 6. The summed E-state index contributed by atoms with van der Waals surface area (Å²) in [6.07, 6.45) is 0. The Kier molecular flexibility index (Phi) is 5.52. The van der Waals surface area contributed by atoms with Gasteiger partial charge in [0.05, 0.1) is 16.7 Å². The standard InChI is InChI=1S/C16H15Cl2NO3/c1-2-21-15-8-11(16(19)20)4-6-14(15)22-9-10-3-5-12(17)13(18)7-10/h3-8H,2,9H2,1H3,(H2,19,20). The third-order valence-corrected chi connectivity index (χ3v) is 3.65. The summed E-state index contributed by atoms with van der Waals surface area (Å²) in [4.78, 5) is 11.2. The number of hydrogen-bond donors (Lipinski definition) is 1. The van der Waals surface area contributed by atoms with Gasteiger partial charge in [-0.3, -0.25) is 4.79 Å². The Morgan fingerprint density at radius 3 is 2.45 bits per heavy atom. The number of ether oxygens (including phenoxy) is 2. The maximum Gasteiger partial charge on any atom is 0.248 e. The molecule has 0 radical (unpaired) electrons. The smallest absolute Gasteiger partial charge is 0.248 e. The fraction of sp³-hybridized carbons (Fsp3) is 0.188. The zero-order chi connectivity index (χ0) is 16.1. The highest BCUT2D eigenvalue weighted by atomic mass is 35.5. The number of primary amides is 1. The fourth-order valence-electron chi connectivity index (χ4n) is 1.84. The zero-order valence-electron chi connectivity index (χ0n) is 11.9. The fourth-order valence-corrected chi connectivity index (χ4v) is 2.16. The Morgan fingerprint density at radius 2 is 1.82 bits per heavy atom. The Balaban J connectivity index is 2.17. The first-order valence-corrected chi connectivity index (χ1v) is 7.40. The monoisotopic (exact) mass is 339 g/mol. The molecule has 0 aliphatic rings. The first-order valence-electron chi connectivity index (χ1n) is 6.64. The molecular weight excluding hydrogens is 325 g/mol. The van der Waals surface area contributed by atoms with Crippen molar-refractivity contribution in [3.63, 3.8) is 0 Å². The van der Waals surface area contributed by atoms with Crippen LogP contribution >= 0.6 is 23.2 Å². The van der Waals surface area contributed by atoms with Crippen LogP contribution in [0.25, 0.3) is 0 Å². The summed E-state index contributed by atoms with van der Waals surface area (Å²) >= 11 is 11.8. The molecule has 0 aliphatic carbocycles. The molecule has 6 heteroatoms. The molecule has 0 unspecified atom stereocenters. The van der Waals surface area contributed by atoms with Crippen LogP contribution in [0.4, 0.5) is 0 Å². The van der Waals surface area contributed by atoms with Crippen molar-refractivity contribution >= 4 is 29.1 Å². The van der Waals surface area contributed by atoms with Gasteiger partial charge in [0.25, 0.3) is 0 Å². The summed E-state index contributed by atoms with van der Waals surface area (Å²) in [5, 5.41) is 0.961. The highest BCUT2D eigenvalue weighted by molar-refractivity contribution is 6.42. The van der Waals surface area contributed by atoms with Crippen LogP contribution in [0.2, 0.25) is 10.0 Å². The second kappa shape index (κ2) is 7.38. The molecule has 0 saturated heterocycles. The zero-order valence-corrected chi connectivity index (χ0v) is 13.4. The van der Waals surface area contributed by atoms with Crippen LogP contribution in [0.5, 0.6) is 11.5 Å². The molecule has 0 heterocycles. The van der Waals surface area contributed by atoms with Gasteiger partial charge in [-0.15, -0.1) is 0 Å². The van der Waals surface area contributed by atoms with Gasteiger partial charge >= 0.3 is 0 Å². The van der Waals surface area contributed by atoms with Gasteiger partial charge in [0.2, 0.25) is 5.91 Å². The second-order valence-corrected chi connectivity index (χ2v) is 5.31. The number of nitrogens with two attached hydrogens (primary N) is 1. The summed E-state index contributed by atoms with van der Waals surface area (Å²) in [7, 11) is 0. The largest absolute Gasteiger partial charge is 0.490 e. The van der Waals surface area contributed by atoms with E-state index in [1.807, 2.05) is 13.0 Å². The predicted octanol–water partition coefficient (Wildman–Crippen LogP) is 4.07. The Hall–Kier alpha value is -1.91. The molecule has 2 rings (SSSR count). The van der Waals surface area contributed by atoms with Gasteiger partial charge in [0, 0.05) is 5.56 Å². The van der Waals surface area contributed by atoms with Crippen molar-refractivity contribution < 1.29 is 14.3 Å². The average Bonchev–Trinajstić information content (AvgIpc) is 2.49. The normalized spacial score (nSPS) is 10.3. The molecule has 2 aromatic carbocycles. The molecule has 0 aromatic heterocycles. The van der Waals surface area contributed by atoms with Crippen molar-refractivity contribution in [3.8, 4) is 11.5 Å². The highest BCUT2D eigenvalue weighted by Gasteiger charge is 2.10. The molecule has 0 atom stereocenters. The molecule has 22 heavy (non-hydrogen) atoms. The van der Waals surface area contributed by atoms with E-state index >= 15 is 0 Å². The van der Waals surface area contributed by atoms with Crippen LogP contribution < -0.4 is 15.2 Å². The summed E-state index contributed by atoms with van der Waals surface area (Å²) in [5.74, 6) is 0.480. The lowest BCUT2D eigenvalue weighted by atomic mass is 10.2. The average molecular weight is 340 g/mol. The second-order valence-electron chi connectivity index (χ2n) is 4.50. The third kappa shape index (κ3) is 4.06. The number of halogens is 2. The summed E-state index contributed by atoms with van der Waals surface area (Å²) < 4.78 is 11.2. The quantitative estimate of drug-likeness (QED) is 0.862. The van der Waals surface area contributed by atoms with E-state index in [4.69, 9.17) is 38.4 Å². The van der Waals surface area contributed by atoms with E-state index in [1.54, 1.807) is 30.3 Å². The van der Waals surface area contributed by atoms with Gasteiger partial charge in [-0.25, -0.2) is 0 Å². The minimum Gasteiger partial charge on any atom is -0.490 e. The number of amides is 1. The minimum absolute atomic E-state index is 0.298. The maximum atomic E-state index is 11.2. The van der Waals surface area contributed by atoms with Crippen LogP contribution in [0.3, 0.4) is 0 Å². The van der Waals surface area contributed by atoms with Crippen LogP contribution in [0, 0.1) is 0 Å². The SMILES string of the molecule is CCOc1cc(C(N)=O)ccc1OCc1ccc(Cl)c(Cl)c1. The predicted molar refractivity (Wildman–Crippen MR) is 86.9 cm³/mol. The van der Waals surface area contributed by atoms with Gasteiger partial charge in [-0.2, -0.15) is 0 Å². The molecule has 4 nitrogen and oxygen atoms in total. The third-order valence-electron chi connectivity index (χ3n) is 2.91. The van der Waals surface area contributed by atoms with E-state index in [2.05, 4.69) is 0 Å². The van der Waals surface area contributed by atoms with Crippen LogP contribution in [0.15, 0.2) is 36.4 Å². The first kappa shape index (κ1) is 16.5. The van der Waals surface area contributed by atoms with E-state index in [1.165, 1.54) is 0 Å². The first-order chi connectivity index (χ1) is 10.5. The Bertz CT molecular complexity index is 689. The van der Waals surface area contributed by atoms with Crippen molar-refractivity contribution in [1.29, 1.82) is 0 Å². The molecule has 0 aliphatic heterocycles. The van der Waals surface area contributed by atoms with Crippen molar-refractivity contribution in [2.24, 2.45) is 5.73 Å². The molecule has 116 valence electrons. The van der Waals surface area contributed by atoms with Crippen molar-refractivity contribution in [2.45, 2.75) is 13.5 Å². The van der Waals surface area contributed by atoms with E-state index < -0.39 is 5.91 Å². The van der Waals surface area contributed by atoms with Gasteiger partial charge in [0.15, 0.2) is 11.5 Å². The molecule has 2 aromatic rings. The lowest BCUT2D eigenvalue weighted by Gasteiger charge is -2.13. The van der Waals surface area contributed by atoms with E-state index in [0.717, 1.165) is 5.56 Å². The highest BCUT2D eigenvalue weighted by Crippen LogP contribution is 2.30. The lowest BCUT2D eigenvalue weighted by Crippen LogP contribution is -2.11. The molecule has 2 N–H and O–H groups in total. The molecule has 0 bridgehead atoms. The maximum absolute atomic E-state index is 11.2. The number of carbonyl (C=O) groups is 1. The number of carbonyl (C=O) groups excluding carboxylic acids is 1. The Morgan fingerprint density at radius 1 is 1.05 bits per heavy atom. The van der Waals surface area contributed by atoms with Crippen LogP contribution in [-0.2, 0) is 6.61 Å². The Labute approximate surface area is 138 Å². The minimum atomic E-state index is -0.517. The number of benzene rings is 2. The van der Waals surface area contributed by atoms with Crippen molar-refractivity contribution in [3.05, 3.63) is 57.6 Å². The number of hydrogen-bond acceptors (Lipinski definition) is 3. The summed E-state index contributed by atoms with van der Waals surface area (Å²) in [5.41, 5.74) is 6.50. The van der Waals surface area contributed by atoms with E-state index in [-0.39, 0.29) is 0 Å². The van der Waals surface area contributed by atoms with E-state index in [0.29, 0.717) is 40.3 Å². The van der Waals surface area contributed by atoms with Gasteiger partial charge in [-0.05, 0) is 42.8 Å². The van der Waals surface area contributed by atoms with Gasteiger partial charge in [0.1, 0.15) is 6.61 Å². The van der Waals surface area contributed by atoms with Gasteiger partial charge < -0.3 is 15.2 Å². The molecular formula is C16H15Cl2NO3. The van der Waals surface area contributed by atoms with Crippen molar-refractivity contribution in [1.82, 2.24) is 0 Å². The van der Waals surface area contributed by atoms with E-state index in [9.17, 15) is 4.79 Å². The molecule has 0 fully saturated rings. The summed E-state index contributed by atoms with van der Waals surface area (Å²) in [6, 6.07) is 10.1.